The second-order valence-electron chi connectivity index (χ2n) is 10.8. The van der Waals surface area contributed by atoms with Crippen molar-refractivity contribution in [2.45, 2.75) is 70.3 Å². The number of nitrogens with zero attached hydrogens (tertiary/aromatic N) is 2. The molecule has 0 aliphatic carbocycles. The van der Waals surface area contributed by atoms with Crippen molar-refractivity contribution in [2.24, 2.45) is 5.92 Å². The van der Waals surface area contributed by atoms with Crippen molar-refractivity contribution in [1.82, 2.24) is 10.0 Å². The molecule has 0 bridgehead atoms. The molecular weight excluding hydrogens is 431 g/mol. The number of benzene rings is 2. The maximum Gasteiger partial charge on any atom is 0.486 e. The SMILES string of the molecule is CC(C)[C@@H](O)[C@@]1(B2OC(C)(C)C(C)(C)O2)[C@@H](c2ccccc2)N1N1C(=O)c2ccccc2C1=O. The minimum atomic E-state index is -1.17. The number of carbonyl (C=O) groups is 2. The Kier molecular flexibility index (Phi) is 5.12. The summed E-state index contributed by atoms with van der Waals surface area (Å²) in [5.74, 6) is -1.00. The topological polar surface area (TPSA) is 79.1 Å². The molecule has 4 atom stereocenters. The number of hydrazine groups is 1. The third-order valence-corrected chi connectivity index (χ3v) is 7.85. The highest BCUT2D eigenvalue weighted by Gasteiger charge is 2.81. The number of rotatable bonds is 5. The number of hydrogen-bond acceptors (Lipinski definition) is 6. The first kappa shape index (κ1) is 23.2. The molecule has 7 nitrogen and oxygen atoms in total. The van der Waals surface area contributed by atoms with Crippen LogP contribution in [0.4, 0.5) is 0 Å². The summed E-state index contributed by atoms with van der Waals surface area (Å²) in [6.07, 6.45) is -0.947. The molecule has 5 rings (SSSR count). The molecule has 2 aromatic rings. The fourth-order valence-corrected chi connectivity index (χ4v) is 5.25. The molecule has 1 N–H and O–H groups in total. The second kappa shape index (κ2) is 7.49. The van der Waals surface area contributed by atoms with E-state index >= 15 is 0 Å². The van der Waals surface area contributed by atoms with Gasteiger partial charge in [0.15, 0.2) is 0 Å². The van der Waals surface area contributed by atoms with Gasteiger partial charge < -0.3 is 14.4 Å². The summed E-state index contributed by atoms with van der Waals surface area (Å²) in [6, 6.07) is 15.9. The number of carbonyl (C=O) groups excluding carboxylic acids is 2. The van der Waals surface area contributed by atoms with Crippen molar-refractivity contribution in [1.29, 1.82) is 0 Å². The highest BCUT2D eigenvalue weighted by atomic mass is 16.7. The van der Waals surface area contributed by atoms with Crippen molar-refractivity contribution >= 4 is 18.9 Å². The molecule has 2 aromatic carbocycles. The Balaban J connectivity index is 1.68. The van der Waals surface area contributed by atoms with Gasteiger partial charge >= 0.3 is 7.12 Å². The first-order chi connectivity index (χ1) is 15.9. The van der Waals surface area contributed by atoms with Gasteiger partial charge in [0, 0.05) is 0 Å². The third kappa shape index (κ3) is 2.99. The Bertz CT molecular complexity index is 1100. The summed E-state index contributed by atoms with van der Waals surface area (Å²) in [5.41, 5.74) is -0.902. The Morgan fingerprint density at radius 2 is 1.32 bits per heavy atom. The minimum absolute atomic E-state index is 0.189. The predicted octanol–water partition coefficient (Wildman–Crippen LogP) is 3.64. The van der Waals surface area contributed by atoms with Crippen LogP contribution >= 0.6 is 0 Å². The van der Waals surface area contributed by atoms with E-state index in [2.05, 4.69) is 0 Å². The average Bonchev–Trinajstić information content (AvgIpc) is 3.33. The number of hydrogen-bond donors (Lipinski definition) is 1. The lowest BCUT2D eigenvalue weighted by Gasteiger charge is -2.32. The van der Waals surface area contributed by atoms with E-state index in [4.69, 9.17) is 9.31 Å². The lowest BCUT2D eigenvalue weighted by molar-refractivity contribution is 0.00578. The summed E-state index contributed by atoms with van der Waals surface area (Å²) >= 11 is 0. The van der Waals surface area contributed by atoms with E-state index < -0.39 is 47.7 Å². The van der Waals surface area contributed by atoms with Crippen LogP contribution in [0.3, 0.4) is 0 Å². The van der Waals surface area contributed by atoms with Crippen LogP contribution in [-0.4, -0.2) is 56.8 Å². The molecular formula is C26H31BN2O5. The number of amides is 2. The Labute approximate surface area is 200 Å². The van der Waals surface area contributed by atoms with E-state index in [1.807, 2.05) is 71.9 Å². The normalized spacial score (nSPS) is 30.1. The molecule has 8 heteroatoms. The van der Waals surface area contributed by atoms with E-state index in [0.717, 1.165) is 5.56 Å². The molecule has 178 valence electrons. The first-order valence-electron chi connectivity index (χ1n) is 11.8. The molecule has 0 saturated carbocycles. The van der Waals surface area contributed by atoms with Crippen molar-refractivity contribution in [3.8, 4) is 0 Å². The van der Waals surface area contributed by atoms with Crippen LogP contribution in [0.1, 0.15) is 73.9 Å². The lowest BCUT2D eigenvalue weighted by Crippen LogP contribution is -2.55. The van der Waals surface area contributed by atoms with E-state index in [-0.39, 0.29) is 5.92 Å². The smallest absolute Gasteiger partial charge is 0.402 e. The van der Waals surface area contributed by atoms with Crippen LogP contribution in [0.5, 0.6) is 0 Å². The van der Waals surface area contributed by atoms with Gasteiger partial charge in [0.1, 0.15) is 5.44 Å². The van der Waals surface area contributed by atoms with Gasteiger partial charge in [0.25, 0.3) is 11.8 Å². The maximum atomic E-state index is 13.5. The number of aliphatic hydroxyl groups excluding tert-OH is 1. The molecule has 2 fully saturated rings. The molecule has 2 saturated heterocycles. The fourth-order valence-electron chi connectivity index (χ4n) is 5.25. The van der Waals surface area contributed by atoms with Gasteiger partial charge in [-0.05, 0) is 51.3 Å². The average molecular weight is 462 g/mol. The first-order valence-corrected chi connectivity index (χ1v) is 11.8. The van der Waals surface area contributed by atoms with Gasteiger partial charge in [-0.3, -0.25) is 9.59 Å². The van der Waals surface area contributed by atoms with Gasteiger partial charge in [-0.25, -0.2) is 5.01 Å². The lowest BCUT2D eigenvalue weighted by atomic mass is 9.62. The highest BCUT2D eigenvalue weighted by Crippen LogP contribution is 2.62. The van der Waals surface area contributed by atoms with Crippen molar-refractivity contribution < 1.29 is 24.0 Å². The standard InChI is InChI=1S/C26H31BN2O5/c1-16(2)21(30)26(27-33-24(3,4)25(5,6)34-27)20(17-12-8-7-9-13-17)29(26)28-22(31)18-14-10-11-15-19(18)23(28)32/h7-16,20-21,30H,1-6H3/t20-,21-,26-,29?/m1/s1. The van der Waals surface area contributed by atoms with Crippen molar-refractivity contribution in [2.75, 3.05) is 0 Å². The molecule has 3 aliphatic heterocycles. The van der Waals surface area contributed by atoms with Gasteiger partial charge in [-0.15, -0.1) is 0 Å². The van der Waals surface area contributed by atoms with Crippen LogP contribution in [0.2, 0.25) is 0 Å². The van der Waals surface area contributed by atoms with E-state index in [0.29, 0.717) is 11.1 Å². The summed E-state index contributed by atoms with van der Waals surface area (Å²) in [4.78, 5) is 27.0. The Hall–Kier alpha value is -2.52. The Morgan fingerprint density at radius 3 is 1.79 bits per heavy atom. The largest absolute Gasteiger partial charge is 0.486 e. The predicted molar refractivity (Wildman–Crippen MR) is 128 cm³/mol. The molecule has 1 unspecified atom stereocenters. The molecule has 0 aromatic heterocycles. The van der Waals surface area contributed by atoms with Gasteiger partial charge in [-0.1, -0.05) is 56.3 Å². The molecule has 3 aliphatic rings. The van der Waals surface area contributed by atoms with Crippen molar-refractivity contribution in [3.05, 3.63) is 71.3 Å². The van der Waals surface area contributed by atoms with E-state index in [9.17, 15) is 14.7 Å². The highest BCUT2D eigenvalue weighted by molar-refractivity contribution is 6.52. The molecule has 2 amide bonds. The summed E-state index contributed by atoms with van der Waals surface area (Å²) in [7, 11) is -0.871. The number of fused-ring (bicyclic) bond motifs is 1. The fraction of sp³-hybridized carbons (Fsp3) is 0.462. The minimum Gasteiger partial charge on any atom is -0.402 e. The zero-order valence-corrected chi connectivity index (χ0v) is 20.5. The second-order valence-corrected chi connectivity index (χ2v) is 10.8. The van der Waals surface area contributed by atoms with Gasteiger partial charge in [-0.2, -0.15) is 5.01 Å². The monoisotopic (exact) mass is 462 g/mol. The molecule has 0 spiro atoms. The van der Waals surface area contributed by atoms with Crippen LogP contribution in [0, 0.1) is 5.92 Å². The third-order valence-electron chi connectivity index (χ3n) is 7.85. The molecule has 0 radical (unpaired) electrons. The Morgan fingerprint density at radius 1 is 0.853 bits per heavy atom. The number of aliphatic hydroxyl groups is 1. The van der Waals surface area contributed by atoms with Crippen LogP contribution < -0.4 is 0 Å². The van der Waals surface area contributed by atoms with Crippen LogP contribution in [0.25, 0.3) is 0 Å². The maximum absolute atomic E-state index is 13.5. The summed E-state index contributed by atoms with van der Waals surface area (Å²) < 4.78 is 13.0. The van der Waals surface area contributed by atoms with Crippen LogP contribution in [-0.2, 0) is 9.31 Å². The quantitative estimate of drug-likeness (QED) is 0.415. The number of imide groups is 1. The zero-order chi connectivity index (χ0) is 24.6. The molecule has 34 heavy (non-hydrogen) atoms. The zero-order valence-electron chi connectivity index (χ0n) is 20.5. The molecule has 3 heterocycles. The summed E-state index contributed by atoms with van der Waals surface area (Å²) in [6.45, 7) is 11.6. The van der Waals surface area contributed by atoms with Gasteiger partial charge in [0.2, 0.25) is 0 Å². The van der Waals surface area contributed by atoms with Gasteiger partial charge in [0.05, 0.1) is 34.5 Å². The summed E-state index contributed by atoms with van der Waals surface area (Å²) in [5, 5.41) is 14.6. The van der Waals surface area contributed by atoms with E-state index in [1.54, 1.807) is 29.3 Å². The van der Waals surface area contributed by atoms with Crippen LogP contribution in [0.15, 0.2) is 54.6 Å². The van der Waals surface area contributed by atoms with Crippen molar-refractivity contribution in [3.63, 3.8) is 0 Å². The van der Waals surface area contributed by atoms with E-state index in [1.165, 1.54) is 5.01 Å².